The average Bonchev–Trinajstić information content (AvgIpc) is 2.86. The van der Waals surface area contributed by atoms with E-state index in [9.17, 15) is 0 Å². The third kappa shape index (κ3) is 1.50. The summed E-state index contributed by atoms with van der Waals surface area (Å²) in [7, 11) is 0. The van der Waals surface area contributed by atoms with Gasteiger partial charge < -0.3 is 0 Å². The van der Waals surface area contributed by atoms with Gasteiger partial charge in [-0.1, -0.05) is 10.4 Å². The van der Waals surface area contributed by atoms with Crippen LogP contribution < -0.4 is 0 Å². The summed E-state index contributed by atoms with van der Waals surface area (Å²) in [5.41, 5.74) is 1.54. The third-order valence-corrected chi connectivity index (χ3v) is 1.99. The van der Waals surface area contributed by atoms with Crippen LogP contribution in [0.25, 0.3) is 11.4 Å². The maximum absolute atomic E-state index is 4.00. The fraction of sp³-hybridized carbons (Fsp3) is 0.500. The Morgan fingerprint density at radius 3 is 1.64 bits per heavy atom. The standard InChI is InChI=1S/C8H12N6/c1-3-13-5-7(9-11-13)8-6-14(4-2)12-10-8/h5-6H,3-4H2,1-2H3. The zero-order valence-corrected chi connectivity index (χ0v) is 8.25. The molecule has 0 radical (unpaired) electrons. The number of aromatic nitrogens is 6. The molecule has 6 heteroatoms. The second-order valence-electron chi connectivity index (χ2n) is 2.92. The molecule has 0 bridgehead atoms. The molecule has 2 rings (SSSR count). The van der Waals surface area contributed by atoms with Crippen LogP contribution in [-0.2, 0) is 13.1 Å². The first-order valence-corrected chi connectivity index (χ1v) is 4.64. The van der Waals surface area contributed by atoms with Crippen LogP contribution in [0.2, 0.25) is 0 Å². The maximum Gasteiger partial charge on any atom is 0.134 e. The molecule has 2 heterocycles. The quantitative estimate of drug-likeness (QED) is 0.713. The molecule has 0 saturated heterocycles. The van der Waals surface area contributed by atoms with E-state index in [1.165, 1.54) is 0 Å². The molecule has 0 spiro atoms. The first-order valence-electron chi connectivity index (χ1n) is 4.64. The van der Waals surface area contributed by atoms with Crippen LogP contribution in [0.3, 0.4) is 0 Å². The summed E-state index contributed by atoms with van der Waals surface area (Å²) < 4.78 is 3.53. The van der Waals surface area contributed by atoms with Gasteiger partial charge in [-0.2, -0.15) is 0 Å². The highest BCUT2D eigenvalue weighted by Crippen LogP contribution is 2.11. The molecule has 0 aromatic carbocycles. The van der Waals surface area contributed by atoms with E-state index >= 15 is 0 Å². The van der Waals surface area contributed by atoms with E-state index in [1.807, 2.05) is 26.2 Å². The molecule has 0 aliphatic heterocycles. The molecular weight excluding hydrogens is 180 g/mol. The van der Waals surface area contributed by atoms with Crippen LogP contribution in [0.5, 0.6) is 0 Å². The van der Waals surface area contributed by atoms with Gasteiger partial charge in [0, 0.05) is 13.1 Å². The fourth-order valence-corrected chi connectivity index (χ4v) is 1.14. The van der Waals surface area contributed by atoms with Crippen molar-refractivity contribution in [1.82, 2.24) is 30.0 Å². The van der Waals surface area contributed by atoms with E-state index in [-0.39, 0.29) is 0 Å². The van der Waals surface area contributed by atoms with E-state index < -0.39 is 0 Å². The highest BCUT2D eigenvalue weighted by molar-refractivity contribution is 5.49. The van der Waals surface area contributed by atoms with Crippen molar-refractivity contribution >= 4 is 0 Å². The first-order chi connectivity index (χ1) is 6.83. The van der Waals surface area contributed by atoms with E-state index in [4.69, 9.17) is 0 Å². The van der Waals surface area contributed by atoms with Crippen molar-refractivity contribution in [3.05, 3.63) is 12.4 Å². The van der Waals surface area contributed by atoms with Crippen LogP contribution >= 0.6 is 0 Å². The van der Waals surface area contributed by atoms with Gasteiger partial charge in [0.05, 0.1) is 12.4 Å². The zero-order chi connectivity index (χ0) is 9.97. The third-order valence-electron chi connectivity index (χ3n) is 1.99. The molecule has 2 aromatic heterocycles. The van der Waals surface area contributed by atoms with Crippen LogP contribution in [0, 0.1) is 0 Å². The second kappa shape index (κ2) is 3.57. The van der Waals surface area contributed by atoms with Crippen LogP contribution in [-0.4, -0.2) is 30.0 Å². The van der Waals surface area contributed by atoms with Crippen molar-refractivity contribution in [3.63, 3.8) is 0 Å². The molecule has 6 nitrogen and oxygen atoms in total. The Labute approximate surface area is 81.5 Å². The molecule has 0 N–H and O–H groups in total. The van der Waals surface area contributed by atoms with Gasteiger partial charge in [0.15, 0.2) is 0 Å². The maximum atomic E-state index is 4.00. The van der Waals surface area contributed by atoms with Crippen LogP contribution in [0.4, 0.5) is 0 Å². The number of hydrogen-bond acceptors (Lipinski definition) is 4. The lowest BCUT2D eigenvalue weighted by Crippen LogP contribution is -1.93. The van der Waals surface area contributed by atoms with Gasteiger partial charge in [0.1, 0.15) is 11.4 Å². The lowest BCUT2D eigenvalue weighted by Gasteiger charge is -1.88. The highest BCUT2D eigenvalue weighted by atomic mass is 15.4. The van der Waals surface area contributed by atoms with Crippen molar-refractivity contribution in [2.75, 3.05) is 0 Å². The van der Waals surface area contributed by atoms with Crippen molar-refractivity contribution < 1.29 is 0 Å². The Balaban J connectivity index is 2.29. The molecule has 0 aliphatic rings. The second-order valence-corrected chi connectivity index (χ2v) is 2.92. The molecule has 0 atom stereocenters. The minimum atomic E-state index is 0.770. The molecule has 0 fully saturated rings. The molecule has 0 unspecified atom stereocenters. The molecule has 0 amide bonds. The normalized spacial score (nSPS) is 10.7. The Hall–Kier alpha value is -1.72. The summed E-state index contributed by atoms with van der Waals surface area (Å²) in [6, 6.07) is 0. The van der Waals surface area contributed by atoms with Gasteiger partial charge in [0.2, 0.25) is 0 Å². The predicted molar refractivity (Wildman–Crippen MR) is 50.4 cm³/mol. The van der Waals surface area contributed by atoms with E-state index in [0.717, 1.165) is 24.5 Å². The minimum Gasteiger partial charge on any atom is -0.252 e. The molecule has 0 aliphatic carbocycles. The van der Waals surface area contributed by atoms with Gasteiger partial charge in [-0.25, -0.2) is 0 Å². The van der Waals surface area contributed by atoms with Crippen molar-refractivity contribution in [2.45, 2.75) is 26.9 Å². The Morgan fingerprint density at radius 2 is 1.36 bits per heavy atom. The number of aryl methyl sites for hydroxylation is 2. The molecule has 14 heavy (non-hydrogen) atoms. The Bertz CT molecular complexity index is 375. The average molecular weight is 192 g/mol. The monoisotopic (exact) mass is 192 g/mol. The summed E-state index contributed by atoms with van der Waals surface area (Å²) in [6.45, 7) is 5.66. The Morgan fingerprint density at radius 1 is 0.929 bits per heavy atom. The van der Waals surface area contributed by atoms with Crippen LogP contribution in [0.1, 0.15) is 13.8 Å². The van der Waals surface area contributed by atoms with Crippen molar-refractivity contribution in [1.29, 1.82) is 0 Å². The van der Waals surface area contributed by atoms with Gasteiger partial charge in [0.25, 0.3) is 0 Å². The van der Waals surface area contributed by atoms with Gasteiger partial charge >= 0.3 is 0 Å². The van der Waals surface area contributed by atoms with E-state index in [0.29, 0.717) is 0 Å². The summed E-state index contributed by atoms with van der Waals surface area (Å²) >= 11 is 0. The number of rotatable bonds is 3. The minimum absolute atomic E-state index is 0.770. The van der Waals surface area contributed by atoms with Crippen LogP contribution in [0.15, 0.2) is 12.4 Å². The summed E-state index contributed by atoms with van der Waals surface area (Å²) in [6.07, 6.45) is 3.73. The number of hydrogen-bond donors (Lipinski definition) is 0. The summed E-state index contributed by atoms with van der Waals surface area (Å²) in [5, 5.41) is 15.9. The van der Waals surface area contributed by atoms with Crippen molar-refractivity contribution in [2.24, 2.45) is 0 Å². The fourth-order valence-electron chi connectivity index (χ4n) is 1.14. The van der Waals surface area contributed by atoms with Gasteiger partial charge in [-0.05, 0) is 13.8 Å². The SMILES string of the molecule is CCn1cc(-c2cn(CC)nn2)nn1. The zero-order valence-electron chi connectivity index (χ0n) is 8.25. The van der Waals surface area contributed by atoms with E-state index in [1.54, 1.807) is 9.36 Å². The van der Waals surface area contributed by atoms with Gasteiger partial charge in [-0.3, -0.25) is 9.36 Å². The van der Waals surface area contributed by atoms with E-state index in [2.05, 4.69) is 20.6 Å². The summed E-state index contributed by atoms with van der Waals surface area (Å²) in [5.74, 6) is 0. The molecule has 0 saturated carbocycles. The smallest absolute Gasteiger partial charge is 0.134 e. The first kappa shape index (κ1) is 8.86. The predicted octanol–water partition coefficient (Wildman–Crippen LogP) is 0.576. The summed E-state index contributed by atoms with van der Waals surface area (Å²) in [4.78, 5) is 0. The lowest BCUT2D eigenvalue weighted by molar-refractivity contribution is 0.626. The molecule has 74 valence electrons. The topological polar surface area (TPSA) is 61.4 Å². The highest BCUT2D eigenvalue weighted by Gasteiger charge is 2.06. The largest absolute Gasteiger partial charge is 0.252 e. The van der Waals surface area contributed by atoms with Gasteiger partial charge in [-0.15, -0.1) is 10.2 Å². The Kier molecular flexibility index (Phi) is 2.26. The molecule has 2 aromatic rings. The number of nitrogens with zero attached hydrogens (tertiary/aromatic N) is 6. The molecular formula is C8H12N6. The lowest BCUT2D eigenvalue weighted by atomic mass is 10.4. The van der Waals surface area contributed by atoms with Crippen molar-refractivity contribution in [3.8, 4) is 11.4 Å².